The number of hydrazine groups is 2. The Labute approximate surface area is 185 Å². The van der Waals surface area contributed by atoms with Gasteiger partial charge in [-0.15, -0.1) is 5.53 Å². The molecule has 6 nitrogen and oxygen atoms in total. The van der Waals surface area contributed by atoms with Crippen LogP contribution in [0.4, 0.5) is 8.78 Å². The Balaban J connectivity index is 1.08. The van der Waals surface area contributed by atoms with Crippen LogP contribution in [0.1, 0.15) is 49.1 Å². The molecule has 0 amide bonds. The van der Waals surface area contributed by atoms with Crippen molar-refractivity contribution in [2.24, 2.45) is 5.41 Å². The number of rotatable bonds is 7. The van der Waals surface area contributed by atoms with E-state index in [4.69, 9.17) is 4.42 Å². The topological polar surface area (TPSA) is 56.6 Å². The van der Waals surface area contributed by atoms with E-state index in [0.29, 0.717) is 5.56 Å². The van der Waals surface area contributed by atoms with Gasteiger partial charge < -0.3 is 9.32 Å². The van der Waals surface area contributed by atoms with Gasteiger partial charge in [-0.3, -0.25) is 5.43 Å². The lowest BCUT2D eigenvalue weighted by Gasteiger charge is -2.19. The lowest BCUT2D eigenvalue weighted by Crippen LogP contribution is -2.33. The number of nitrogens with zero attached hydrogens (tertiary/aromatic N) is 3. The molecule has 3 aliphatic rings. The molecule has 2 N–H and O–H groups in total. The van der Waals surface area contributed by atoms with Crippen LogP contribution < -0.4 is 11.0 Å². The van der Waals surface area contributed by atoms with Crippen molar-refractivity contribution >= 4 is 17.6 Å². The standard InChI is InChI=1S/C22H27F2N5OS/c1-14-21(30-13-25-14)20-15(2)29(27-26-20)31-9-3-7-28-8-6-22(12-28)11-18(22)17-5-4-16(23)10-19(17)24/h4-5,10,13,18,26-27H,3,6-9,11-12H2,1-2H3/t18-,22+/m1/s1. The number of hydrogen-bond donors (Lipinski definition) is 2. The van der Waals surface area contributed by atoms with Crippen LogP contribution in [0.3, 0.4) is 0 Å². The fraction of sp³-hybridized carbons (Fsp3) is 0.500. The zero-order valence-corrected chi connectivity index (χ0v) is 18.6. The molecule has 1 aromatic carbocycles. The summed E-state index contributed by atoms with van der Waals surface area (Å²) >= 11 is 1.73. The number of oxazole rings is 1. The van der Waals surface area contributed by atoms with Crippen LogP contribution >= 0.6 is 11.9 Å². The van der Waals surface area contributed by atoms with E-state index in [1.54, 1.807) is 18.0 Å². The molecular weight excluding hydrogens is 420 g/mol. The van der Waals surface area contributed by atoms with Crippen molar-refractivity contribution in [3.8, 4) is 0 Å². The summed E-state index contributed by atoms with van der Waals surface area (Å²) in [5.74, 6) is 1.07. The van der Waals surface area contributed by atoms with Crippen molar-refractivity contribution in [3.63, 3.8) is 0 Å². The number of hydrogen-bond acceptors (Lipinski definition) is 7. The molecule has 166 valence electrons. The first kappa shape index (κ1) is 20.8. The molecule has 0 radical (unpaired) electrons. The first-order valence-corrected chi connectivity index (χ1v) is 11.6. The summed E-state index contributed by atoms with van der Waals surface area (Å²) in [6, 6.07) is 4.02. The number of aryl methyl sites for hydroxylation is 1. The molecule has 2 aliphatic heterocycles. The lowest BCUT2D eigenvalue weighted by atomic mass is 9.98. The van der Waals surface area contributed by atoms with Crippen molar-refractivity contribution in [2.45, 2.75) is 39.0 Å². The number of aromatic nitrogens is 1. The summed E-state index contributed by atoms with van der Waals surface area (Å²) in [6.07, 6.45) is 4.64. The van der Waals surface area contributed by atoms with E-state index in [1.807, 2.05) is 18.3 Å². The number of benzene rings is 1. The third kappa shape index (κ3) is 3.94. The smallest absolute Gasteiger partial charge is 0.181 e. The molecule has 2 aromatic rings. The quantitative estimate of drug-likeness (QED) is 0.488. The minimum Gasteiger partial charge on any atom is -0.442 e. The van der Waals surface area contributed by atoms with Crippen LogP contribution in [0, 0.1) is 24.0 Å². The summed E-state index contributed by atoms with van der Waals surface area (Å²) < 4.78 is 34.9. The van der Waals surface area contributed by atoms with E-state index in [9.17, 15) is 8.78 Å². The zero-order valence-electron chi connectivity index (χ0n) is 17.8. The molecule has 1 spiro atoms. The second-order valence-electron chi connectivity index (χ2n) is 8.76. The third-order valence-corrected chi connectivity index (χ3v) is 7.85. The highest BCUT2D eigenvalue weighted by molar-refractivity contribution is 7.97. The van der Waals surface area contributed by atoms with E-state index >= 15 is 0 Å². The maximum Gasteiger partial charge on any atom is 0.181 e. The van der Waals surface area contributed by atoms with Crippen LogP contribution in [0.2, 0.25) is 0 Å². The van der Waals surface area contributed by atoms with E-state index in [-0.39, 0.29) is 11.3 Å². The van der Waals surface area contributed by atoms with Gasteiger partial charge in [0.2, 0.25) is 0 Å². The summed E-state index contributed by atoms with van der Waals surface area (Å²) in [4.78, 5) is 6.64. The molecule has 2 atom stereocenters. The van der Waals surface area contributed by atoms with Gasteiger partial charge in [0.25, 0.3) is 0 Å². The highest BCUT2D eigenvalue weighted by Crippen LogP contribution is 2.64. The second-order valence-corrected chi connectivity index (χ2v) is 9.79. The molecule has 3 heterocycles. The normalized spacial score (nSPS) is 25.7. The average Bonchev–Trinajstić information content (AvgIpc) is 3.04. The molecule has 0 unspecified atom stereocenters. The summed E-state index contributed by atoms with van der Waals surface area (Å²) in [7, 11) is 0. The number of likely N-dealkylation sites (tertiary alicyclic amines) is 1. The fourth-order valence-electron chi connectivity index (χ4n) is 4.92. The molecule has 1 saturated heterocycles. The molecule has 1 saturated carbocycles. The Bertz CT molecular complexity index is 1010. The van der Waals surface area contributed by atoms with Crippen LogP contribution in [0.5, 0.6) is 0 Å². The Hall–Kier alpha value is -2.10. The fourth-order valence-corrected chi connectivity index (χ4v) is 5.75. The largest absolute Gasteiger partial charge is 0.442 e. The van der Waals surface area contributed by atoms with Crippen molar-refractivity contribution in [2.75, 3.05) is 25.4 Å². The Morgan fingerprint density at radius 1 is 1.32 bits per heavy atom. The van der Waals surface area contributed by atoms with Gasteiger partial charge in [-0.25, -0.2) is 18.2 Å². The Kier molecular flexibility index (Phi) is 5.44. The maximum atomic E-state index is 14.2. The van der Waals surface area contributed by atoms with Gasteiger partial charge in [0.15, 0.2) is 12.2 Å². The molecular formula is C22H27F2N5OS. The highest BCUT2D eigenvalue weighted by atomic mass is 32.2. The first-order chi connectivity index (χ1) is 15.0. The van der Waals surface area contributed by atoms with Crippen LogP contribution in [0.25, 0.3) is 5.70 Å². The van der Waals surface area contributed by atoms with Crippen LogP contribution in [-0.4, -0.2) is 39.7 Å². The average molecular weight is 448 g/mol. The zero-order chi connectivity index (χ0) is 21.6. The molecule has 0 bridgehead atoms. The molecule has 9 heteroatoms. The van der Waals surface area contributed by atoms with Gasteiger partial charge in [-0.05, 0) is 81.1 Å². The van der Waals surface area contributed by atoms with Crippen molar-refractivity contribution < 1.29 is 13.2 Å². The van der Waals surface area contributed by atoms with E-state index in [2.05, 4.69) is 20.8 Å². The first-order valence-electron chi connectivity index (χ1n) is 10.7. The maximum absolute atomic E-state index is 14.2. The van der Waals surface area contributed by atoms with Crippen LogP contribution in [0.15, 0.2) is 34.7 Å². The molecule has 5 rings (SSSR count). The Morgan fingerprint density at radius 3 is 2.97 bits per heavy atom. The second kappa shape index (κ2) is 8.11. The van der Waals surface area contributed by atoms with Crippen molar-refractivity contribution in [1.29, 1.82) is 0 Å². The summed E-state index contributed by atoms with van der Waals surface area (Å²) in [5.41, 5.74) is 10.0. The molecule has 1 aromatic heterocycles. The highest BCUT2D eigenvalue weighted by Gasteiger charge is 2.58. The number of allylic oxidation sites excluding steroid dienone is 1. The molecule has 31 heavy (non-hydrogen) atoms. The van der Waals surface area contributed by atoms with E-state index < -0.39 is 11.6 Å². The minimum atomic E-state index is -0.502. The monoisotopic (exact) mass is 447 g/mol. The summed E-state index contributed by atoms with van der Waals surface area (Å²) in [5, 5.41) is 0. The SMILES string of the molecule is CC1=C(c2ocnc2C)NNN1SCCCN1CC[C@]2(C[C@@H]2c2ccc(F)cc2F)C1. The lowest BCUT2D eigenvalue weighted by molar-refractivity contribution is 0.318. The van der Waals surface area contributed by atoms with E-state index in [0.717, 1.165) is 73.6 Å². The van der Waals surface area contributed by atoms with Gasteiger partial charge in [-0.2, -0.15) is 0 Å². The van der Waals surface area contributed by atoms with Gasteiger partial charge in [0.05, 0.1) is 11.4 Å². The predicted molar refractivity (Wildman–Crippen MR) is 116 cm³/mol. The molecule has 2 fully saturated rings. The number of nitrogens with one attached hydrogen (secondary N) is 2. The van der Waals surface area contributed by atoms with E-state index in [1.165, 1.54) is 12.5 Å². The van der Waals surface area contributed by atoms with Gasteiger partial charge in [0.1, 0.15) is 17.3 Å². The van der Waals surface area contributed by atoms with Crippen molar-refractivity contribution in [1.82, 2.24) is 25.3 Å². The Morgan fingerprint density at radius 2 is 2.19 bits per heavy atom. The van der Waals surface area contributed by atoms with Crippen molar-refractivity contribution in [3.05, 3.63) is 58.9 Å². The molecule has 1 aliphatic carbocycles. The predicted octanol–water partition coefficient (Wildman–Crippen LogP) is 4.19. The third-order valence-electron chi connectivity index (χ3n) is 6.75. The minimum absolute atomic E-state index is 0.190. The van der Waals surface area contributed by atoms with Gasteiger partial charge in [-0.1, -0.05) is 6.07 Å². The van der Waals surface area contributed by atoms with Gasteiger partial charge >= 0.3 is 0 Å². The van der Waals surface area contributed by atoms with Crippen LogP contribution in [-0.2, 0) is 0 Å². The van der Waals surface area contributed by atoms with Gasteiger partial charge in [0, 0.05) is 18.4 Å². The summed E-state index contributed by atoms with van der Waals surface area (Å²) in [6.45, 7) is 7.07. The number of halogens is 2.